The van der Waals surface area contributed by atoms with E-state index in [4.69, 9.17) is 23.2 Å². The monoisotopic (exact) mass is 593 g/mol. The molecule has 1 unspecified atom stereocenters. The van der Waals surface area contributed by atoms with Crippen LogP contribution in [0.1, 0.15) is 103 Å². The highest BCUT2D eigenvalue weighted by atomic mass is 35.5. The topological polar surface area (TPSA) is 70.2 Å². The SMILES string of the molecule is CC.CC(c1cccc(Cl)c1F)[C@@H](NCc1ccc(Cl)cc1NC=O)C(=O)NC1CCCCC1.CC1CCCC1. The standard InChI is InChI=1S/C24H28Cl2FN3O2.C6H12.C2H6/c1-15(19-8-5-9-20(26)22(19)27)23(24(32)30-18-6-3-2-4-7-18)28-13-16-10-11-17(25)12-21(16)29-14-31;1-6-4-2-3-5-6;1-2/h5,8-12,14-15,18,23,28H,2-4,6-7,13H2,1H3,(H,29,31)(H,30,32);6H,2-5H2,1H3;1-2H3/t15?,23-;;/m1../s1. The first-order valence-electron chi connectivity index (χ1n) is 14.8. The summed E-state index contributed by atoms with van der Waals surface area (Å²) in [5.74, 6) is -0.131. The highest BCUT2D eigenvalue weighted by Crippen LogP contribution is 2.29. The number of nitrogens with one attached hydrogen (secondary N) is 3. The summed E-state index contributed by atoms with van der Waals surface area (Å²) >= 11 is 12.0. The fourth-order valence-corrected chi connectivity index (χ4v) is 5.69. The van der Waals surface area contributed by atoms with Crippen LogP contribution in [0.2, 0.25) is 10.0 Å². The molecule has 5 nitrogen and oxygen atoms in total. The Morgan fingerprint density at radius 2 is 1.68 bits per heavy atom. The molecule has 2 aliphatic rings. The fourth-order valence-electron chi connectivity index (χ4n) is 5.34. The van der Waals surface area contributed by atoms with E-state index in [0.29, 0.717) is 22.7 Å². The molecule has 2 saturated carbocycles. The van der Waals surface area contributed by atoms with Crippen molar-refractivity contribution in [2.24, 2.45) is 5.92 Å². The maximum atomic E-state index is 14.8. The zero-order valence-corrected chi connectivity index (χ0v) is 25.9. The molecule has 3 N–H and O–H groups in total. The van der Waals surface area contributed by atoms with Crippen molar-refractivity contribution in [3.8, 4) is 0 Å². The van der Waals surface area contributed by atoms with Gasteiger partial charge in [-0.15, -0.1) is 0 Å². The average Bonchev–Trinajstić information content (AvgIpc) is 3.44. The summed E-state index contributed by atoms with van der Waals surface area (Å²) in [6.45, 7) is 8.43. The predicted molar refractivity (Wildman–Crippen MR) is 166 cm³/mol. The van der Waals surface area contributed by atoms with Crippen LogP contribution >= 0.6 is 23.2 Å². The molecule has 0 heterocycles. The van der Waals surface area contributed by atoms with Gasteiger partial charge in [0.1, 0.15) is 5.82 Å². The molecule has 222 valence electrons. The molecule has 0 aliphatic heterocycles. The molecule has 4 rings (SSSR count). The molecule has 2 aromatic rings. The molecule has 2 aromatic carbocycles. The Morgan fingerprint density at radius 3 is 2.27 bits per heavy atom. The summed E-state index contributed by atoms with van der Waals surface area (Å²) in [6.07, 6.45) is 11.8. The van der Waals surface area contributed by atoms with E-state index in [9.17, 15) is 14.0 Å². The first-order valence-corrected chi connectivity index (χ1v) is 15.5. The van der Waals surface area contributed by atoms with E-state index < -0.39 is 17.8 Å². The number of hydrogen-bond donors (Lipinski definition) is 3. The van der Waals surface area contributed by atoms with Crippen LogP contribution in [0.25, 0.3) is 0 Å². The van der Waals surface area contributed by atoms with Gasteiger partial charge in [0, 0.05) is 29.2 Å². The normalized spacial score (nSPS) is 17.0. The molecular weight excluding hydrogens is 548 g/mol. The van der Waals surface area contributed by atoms with Crippen molar-refractivity contribution in [3.63, 3.8) is 0 Å². The fraction of sp³-hybridized carbons (Fsp3) is 0.562. The van der Waals surface area contributed by atoms with Gasteiger partial charge in [0.2, 0.25) is 12.3 Å². The summed E-state index contributed by atoms with van der Waals surface area (Å²) in [4.78, 5) is 24.3. The van der Waals surface area contributed by atoms with E-state index in [0.717, 1.165) is 37.2 Å². The smallest absolute Gasteiger partial charge is 0.237 e. The lowest BCUT2D eigenvalue weighted by molar-refractivity contribution is -0.124. The first kappa shape index (κ1) is 34.1. The van der Waals surface area contributed by atoms with Gasteiger partial charge in [-0.05, 0) is 48.1 Å². The van der Waals surface area contributed by atoms with Gasteiger partial charge >= 0.3 is 0 Å². The highest BCUT2D eigenvalue weighted by molar-refractivity contribution is 6.31. The Bertz CT molecular complexity index is 1060. The van der Waals surface area contributed by atoms with E-state index in [1.807, 2.05) is 13.8 Å². The van der Waals surface area contributed by atoms with E-state index in [2.05, 4.69) is 22.9 Å². The lowest BCUT2D eigenvalue weighted by Gasteiger charge is -2.29. The maximum absolute atomic E-state index is 14.8. The second-order valence-corrected chi connectivity index (χ2v) is 11.4. The van der Waals surface area contributed by atoms with Crippen LogP contribution in [-0.2, 0) is 16.1 Å². The van der Waals surface area contributed by atoms with Crippen LogP contribution in [0.5, 0.6) is 0 Å². The van der Waals surface area contributed by atoms with Crippen LogP contribution in [0.3, 0.4) is 0 Å². The summed E-state index contributed by atoms with van der Waals surface area (Å²) in [5.41, 5.74) is 1.68. The molecule has 0 radical (unpaired) electrons. The maximum Gasteiger partial charge on any atom is 0.237 e. The number of carbonyl (C=O) groups excluding carboxylic acids is 2. The van der Waals surface area contributed by atoms with Crippen LogP contribution in [-0.4, -0.2) is 24.4 Å². The summed E-state index contributed by atoms with van der Waals surface area (Å²) in [7, 11) is 0. The Balaban J connectivity index is 0.000000609. The van der Waals surface area contributed by atoms with Gasteiger partial charge in [0.15, 0.2) is 0 Å². The average molecular weight is 595 g/mol. The summed E-state index contributed by atoms with van der Waals surface area (Å²) in [5, 5.41) is 9.55. The quantitative estimate of drug-likeness (QED) is 0.255. The third-order valence-corrected chi connectivity index (χ3v) is 8.18. The molecule has 0 spiro atoms. The molecular formula is C32H46Cl2FN3O2. The predicted octanol–water partition coefficient (Wildman–Crippen LogP) is 8.63. The second-order valence-electron chi connectivity index (χ2n) is 10.6. The number of anilines is 1. The second kappa shape index (κ2) is 18.3. The highest BCUT2D eigenvalue weighted by Gasteiger charge is 2.30. The molecule has 2 fully saturated rings. The minimum atomic E-state index is -0.704. The lowest BCUT2D eigenvalue weighted by Crippen LogP contribution is -2.50. The summed E-state index contributed by atoms with van der Waals surface area (Å²) in [6, 6.07) is 9.37. The van der Waals surface area contributed by atoms with Crippen molar-refractivity contribution in [2.45, 2.75) is 110 Å². The van der Waals surface area contributed by atoms with Gasteiger partial charge in [-0.3, -0.25) is 9.59 Å². The molecule has 40 heavy (non-hydrogen) atoms. The zero-order valence-electron chi connectivity index (χ0n) is 24.4. The van der Waals surface area contributed by atoms with Crippen LogP contribution in [0.15, 0.2) is 36.4 Å². The van der Waals surface area contributed by atoms with Gasteiger partial charge < -0.3 is 16.0 Å². The van der Waals surface area contributed by atoms with Crippen molar-refractivity contribution in [2.75, 3.05) is 5.32 Å². The first-order chi connectivity index (χ1) is 19.3. The number of benzene rings is 2. The largest absolute Gasteiger partial charge is 0.352 e. The van der Waals surface area contributed by atoms with Crippen molar-refractivity contribution < 1.29 is 14.0 Å². The van der Waals surface area contributed by atoms with Gasteiger partial charge in [-0.2, -0.15) is 0 Å². The zero-order chi connectivity index (χ0) is 29.5. The molecule has 2 amide bonds. The van der Waals surface area contributed by atoms with Crippen molar-refractivity contribution in [1.82, 2.24) is 10.6 Å². The van der Waals surface area contributed by atoms with Crippen molar-refractivity contribution in [3.05, 3.63) is 63.4 Å². The lowest BCUT2D eigenvalue weighted by atomic mass is 9.90. The number of hydrogen-bond acceptors (Lipinski definition) is 3. The van der Waals surface area contributed by atoms with Crippen molar-refractivity contribution in [1.29, 1.82) is 0 Å². The molecule has 2 aliphatic carbocycles. The van der Waals surface area contributed by atoms with Crippen molar-refractivity contribution >= 4 is 41.2 Å². The molecule has 0 aromatic heterocycles. The van der Waals surface area contributed by atoms with Gasteiger partial charge in [-0.1, -0.05) is 114 Å². The third-order valence-electron chi connectivity index (χ3n) is 7.65. The minimum absolute atomic E-state index is 0.0240. The number of amides is 2. The number of rotatable bonds is 9. The third kappa shape index (κ3) is 10.7. The van der Waals surface area contributed by atoms with Crippen LogP contribution in [0.4, 0.5) is 10.1 Å². The van der Waals surface area contributed by atoms with Gasteiger partial charge in [0.05, 0.1) is 11.1 Å². The van der Waals surface area contributed by atoms with E-state index in [1.165, 1.54) is 38.2 Å². The molecule has 2 atom stereocenters. The Kier molecular flexibility index (Phi) is 15.6. The van der Waals surface area contributed by atoms with Gasteiger partial charge in [-0.25, -0.2) is 4.39 Å². The molecule has 0 bridgehead atoms. The summed E-state index contributed by atoms with van der Waals surface area (Å²) < 4.78 is 14.8. The molecule has 8 heteroatoms. The molecule has 0 saturated heterocycles. The van der Waals surface area contributed by atoms with E-state index in [1.54, 1.807) is 37.3 Å². The Labute approximate surface area is 250 Å². The van der Waals surface area contributed by atoms with E-state index >= 15 is 0 Å². The minimum Gasteiger partial charge on any atom is -0.352 e. The van der Waals surface area contributed by atoms with Crippen LogP contribution < -0.4 is 16.0 Å². The number of halogens is 3. The van der Waals surface area contributed by atoms with Crippen LogP contribution in [0, 0.1) is 11.7 Å². The van der Waals surface area contributed by atoms with E-state index in [-0.39, 0.29) is 23.5 Å². The Hall–Kier alpha value is -2.15. The number of carbonyl (C=O) groups is 2. The Morgan fingerprint density at radius 1 is 1.02 bits per heavy atom. The van der Waals surface area contributed by atoms with Gasteiger partial charge in [0.25, 0.3) is 0 Å².